The first-order valence-electron chi connectivity index (χ1n) is 7.09. The summed E-state index contributed by atoms with van der Waals surface area (Å²) in [6, 6.07) is 5.16. The minimum absolute atomic E-state index is 0.0755. The third-order valence-electron chi connectivity index (χ3n) is 3.59. The molecule has 1 saturated heterocycles. The number of hydrogen-bond donors (Lipinski definition) is 2. The van der Waals surface area contributed by atoms with Crippen molar-refractivity contribution in [3.05, 3.63) is 23.8 Å². The highest BCUT2D eigenvalue weighted by atomic mass is 16.5. The number of rotatable bonds is 5. The number of anilines is 1. The highest BCUT2D eigenvalue weighted by Crippen LogP contribution is 2.27. The van der Waals surface area contributed by atoms with Crippen molar-refractivity contribution in [2.75, 3.05) is 32.0 Å². The second-order valence-electron chi connectivity index (χ2n) is 5.42. The van der Waals surface area contributed by atoms with Gasteiger partial charge in [0.05, 0.1) is 12.3 Å². The van der Waals surface area contributed by atoms with Crippen LogP contribution in [0.2, 0.25) is 0 Å². The summed E-state index contributed by atoms with van der Waals surface area (Å²) >= 11 is 0. The lowest BCUT2D eigenvalue weighted by Crippen LogP contribution is -2.47. The SMILES string of the molecule is CC(C)N1CCOC(COc2c(N)cccc2C(=O)O)C1. The van der Waals surface area contributed by atoms with Gasteiger partial charge in [0.15, 0.2) is 5.75 Å². The minimum atomic E-state index is -1.05. The molecule has 0 amide bonds. The number of aromatic carboxylic acids is 1. The quantitative estimate of drug-likeness (QED) is 0.800. The van der Waals surface area contributed by atoms with Crippen molar-refractivity contribution in [2.24, 2.45) is 0 Å². The second kappa shape index (κ2) is 6.78. The summed E-state index contributed by atoms with van der Waals surface area (Å²) in [6.45, 7) is 6.90. The smallest absolute Gasteiger partial charge is 0.339 e. The van der Waals surface area contributed by atoms with E-state index in [0.29, 0.717) is 18.3 Å². The van der Waals surface area contributed by atoms with Crippen molar-refractivity contribution in [1.82, 2.24) is 4.90 Å². The maximum absolute atomic E-state index is 11.2. The molecule has 0 spiro atoms. The van der Waals surface area contributed by atoms with Gasteiger partial charge in [-0.1, -0.05) is 6.07 Å². The Morgan fingerprint density at radius 2 is 2.33 bits per heavy atom. The fourth-order valence-electron chi connectivity index (χ4n) is 2.37. The average Bonchev–Trinajstić information content (AvgIpc) is 2.46. The van der Waals surface area contributed by atoms with Gasteiger partial charge in [0.25, 0.3) is 0 Å². The third kappa shape index (κ3) is 3.86. The van der Waals surface area contributed by atoms with E-state index < -0.39 is 5.97 Å². The zero-order chi connectivity index (χ0) is 15.4. The monoisotopic (exact) mass is 294 g/mol. The molecular weight excluding hydrogens is 272 g/mol. The van der Waals surface area contributed by atoms with Crippen LogP contribution in [0.5, 0.6) is 5.75 Å². The Kier molecular flexibility index (Phi) is 5.03. The van der Waals surface area contributed by atoms with Gasteiger partial charge in [-0.2, -0.15) is 0 Å². The third-order valence-corrected chi connectivity index (χ3v) is 3.59. The van der Waals surface area contributed by atoms with E-state index in [1.807, 2.05) is 0 Å². The van der Waals surface area contributed by atoms with Crippen LogP contribution in [0.4, 0.5) is 5.69 Å². The maximum atomic E-state index is 11.2. The van der Waals surface area contributed by atoms with Crippen molar-refractivity contribution in [3.8, 4) is 5.75 Å². The number of nitrogen functional groups attached to an aromatic ring is 1. The molecule has 21 heavy (non-hydrogen) atoms. The summed E-state index contributed by atoms with van der Waals surface area (Å²) in [5, 5.41) is 9.17. The number of ether oxygens (including phenoxy) is 2. The van der Waals surface area contributed by atoms with Gasteiger partial charge in [-0.15, -0.1) is 0 Å². The summed E-state index contributed by atoms with van der Waals surface area (Å²) in [6.07, 6.45) is -0.0811. The number of carboxylic acid groups (broad SMARTS) is 1. The molecule has 0 saturated carbocycles. The van der Waals surface area contributed by atoms with Crippen LogP contribution in [0, 0.1) is 0 Å². The van der Waals surface area contributed by atoms with E-state index in [-0.39, 0.29) is 24.0 Å². The van der Waals surface area contributed by atoms with Crippen LogP contribution in [-0.2, 0) is 4.74 Å². The topological polar surface area (TPSA) is 85.0 Å². The fraction of sp³-hybridized carbons (Fsp3) is 0.533. The number of hydrogen-bond acceptors (Lipinski definition) is 5. The van der Waals surface area contributed by atoms with E-state index in [1.165, 1.54) is 6.07 Å². The molecule has 1 unspecified atom stereocenters. The van der Waals surface area contributed by atoms with Crippen molar-refractivity contribution < 1.29 is 19.4 Å². The second-order valence-corrected chi connectivity index (χ2v) is 5.42. The van der Waals surface area contributed by atoms with Gasteiger partial charge in [-0.25, -0.2) is 4.79 Å². The number of para-hydroxylation sites is 1. The highest BCUT2D eigenvalue weighted by molar-refractivity contribution is 5.93. The number of morpholine rings is 1. The molecule has 116 valence electrons. The molecule has 2 rings (SSSR count). The molecule has 1 aromatic carbocycles. The van der Waals surface area contributed by atoms with E-state index in [1.54, 1.807) is 12.1 Å². The normalized spacial score (nSPS) is 19.7. The first-order chi connectivity index (χ1) is 9.99. The molecule has 1 aromatic rings. The Bertz CT molecular complexity index is 504. The number of carbonyl (C=O) groups is 1. The number of benzene rings is 1. The van der Waals surface area contributed by atoms with Crippen molar-refractivity contribution >= 4 is 11.7 Å². The van der Waals surface area contributed by atoms with Gasteiger partial charge in [0.1, 0.15) is 18.3 Å². The maximum Gasteiger partial charge on any atom is 0.339 e. The summed E-state index contributed by atoms with van der Waals surface area (Å²) in [5.41, 5.74) is 6.21. The van der Waals surface area contributed by atoms with E-state index in [2.05, 4.69) is 18.7 Å². The van der Waals surface area contributed by atoms with Gasteiger partial charge in [0, 0.05) is 19.1 Å². The van der Waals surface area contributed by atoms with Crippen molar-refractivity contribution in [1.29, 1.82) is 0 Å². The lowest BCUT2D eigenvalue weighted by Gasteiger charge is -2.35. The van der Waals surface area contributed by atoms with Crippen molar-refractivity contribution in [3.63, 3.8) is 0 Å². The van der Waals surface area contributed by atoms with E-state index in [0.717, 1.165) is 13.1 Å². The molecule has 1 atom stereocenters. The molecular formula is C15H22N2O4. The molecule has 1 heterocycles. The van der Waals surface area contributed by atoms with Crippen LogP contribution in [0.1, 0.15) is 24.2 Å². The molecule has 1 aliphatic rings. The first kappa shape index (κ1) is 15.6. The Balaban J connectivity index is 2.01. The van der Waals surface area contributed by atoms with E-state index >= 15 is 0 Å². The van der Waals surface area contributed by atoms with E-state index in [4.69, 9.17) is 20.3 Å². The summed E-state index contributed by atoms with van der Waals surface area (Å²) in [7, 11) is 0. The predicted molar refractivity (Wildman–Crippen MR) is 79.8 cm³/mol. The van der Waals surface area contributed by atoms with Gasteiger partial charge in [0.2, 0.25) is 0 Å². The van der Waals surface area contributed by atoms with Gasteiger partial charge in [-0.05, 0) is 26.0 Å². The molecule has 0 bridgehead atoms. The molecule has 6 nitrogen and oxygen atoms in total. The Morgan fingerprint density at radius 1 is 1.57 bits per heavy atom. The predicted octanol–water partition coefficient (Wildman–Crippen LogP) is 1.45. The molecule has 0 radical (unpaired) electrons. The van der Waals surface area contributed by atoms with Crippen LogP contribution >= 0.6 is 0 Å². The standard InChI is InChI=1S/C15H22N2O4/c1-10(2)17-6-7-20-11(8-17)9-21-14-12(15(18)19)4-3-5-13(14)16/h3-5,10-11H,6-9,16H2,1-2H3,(H,18,19). The Morgan fingerprint density at radius 3 is 3.00 bits per heavy atom. The molecule has 3 N–H and O–H groups in total. The number of nitrogens with two attached hydrogens (primary N) is 1. The Hall–Kier alpha value is -1.79. The van der Waals surface area contributed by atoms with E-state index in [9.17, 15) is 4.79 Å². The van der Waals surface area contributed by atoms with Gasteiger partial charge in [-0.3, -0.25) is 4.90 Å². The largest absolute Gasteiger partial charge is 0.488 e. The average molecular weight is 294 g/mol. The molecule has 0 aliphatic carbocycles. The van der Waals surface area contributed by atoms with Gasteiger partial charge >= 0.3 is 5.97 Å². The minimum Gasteiger partial charge on any atom is -0.488 e. The summed E-state index contributed by atoms with van der Waals surface area (Å²) in [4.78, 5) is 13.5. The fourth-order valence-corrected chi connectivity index (χ4v) is 2.37. The van der Waals surface area contributed by atoms with Crippen LogP contribution < -0.4 is 10.5 Å². The lowest BCUT2D eigenvalue weighted by molar-refractivity contribution is -0.0564. The zero-order valence-corrected chi connectivity index (χ0v) is 12.4. The lowest BCUT2D eigenvalue weighted by atomic mass is 10.1. The molecule has 6 heteroatoms. The zero-order valence-electron chi connectivity index (χ0n) is 12.4. The summed E-state index contributed by atoms with van der Waals surface area (Å²) in [5.74, 6) is -0.832. The number of carboxylic acids is 1. The highest BCUT2D eigenvalue weighted by Gasteiger charge is 2.24. The Labute approximate surface area is 124 Å². The van der Waals surface area contributed by atoms with Crippen LogP contribution in [0.3, 0.4) is 0 Å². The van der Waals surface area contributed by atoms with Crippen LogP contribution in [0.25, 0.3) is 0 Å². The van der Waals surface area contributed by atoms with Crippen LogP contribution in [0.15, 0.2) is 18.2 Å². The molecule has 1 aliphatic heterocycles. The number of nitrogens with zero attached hydrogens (tertiary/aromatic N) is 1. The van der Waals surface area contributed by atoms with Crippen molar-refractivity contribution in [2.45, 2.75) is 26.0 Å². The van der Waals surface area contributed by atoms with Gasteiger partial charge < -0.3 is 20.3 Å². The summed E-state index contributed by atoms with van der Waals surface area (Å²) < 4.78 is 11.3. The molecule has 0 aromatic heterocycles. The van der Waals surface area contributed by atoms with Crippen LogP contribution in [-0.4, -0.2) is 54.4 Å². The molecule has 1 fully saturated rings. The first-order valence-corrected chi connectivity index (χ1v) is 7.09.